The topological polar surface area (TPSA) is 24.7 Å². The van der Waals surface area contributed by atoms with Crippen molar-refractivity contribution in [3.05, 3.63) is 47.1 Å². The molecule has 0 heterocycles. The predicted octanol–water partition coefficient (Wildman–Crippen LogP) is 2.89. The van der Waals surface area contributed by atoms with E-state index in [0.717, 1.165) is 11.3 Å². The third-order valence-corrected chi connectivity index (χ3v) is 1.95. The molecule has 0 saturated heterocycles. The maximum Gasteiger partial charge on any atom is 0.130 e. The van der Waals surface area contributed by atoms with Crippen molar-refractivity contribution in [2.45, 2.75) is 0 Å². The van der Waals surface area contributed by atoms with Crippen molar-refractivity contribution in [2.24, 2.45) is 9.98 Å². The van der Waals surface area contributed by atoms with Gasteiger partial charge < -0.3 is 0 Å². The molecule has 3 heteroatoms. The zero-order chi connectivity index (χ0) is 10.4. The van der Waals surface area contributed by atoms with Gasteiger partial charge in [0.1, 0.15) is 5.16 Å². The van der Waals surface area contributed by atoms with Crippen LogP contribution in [0, 0.1) is 0 Å². The number of halogens is 1. The van der Waals surface area contributed by atoms with E-state index in [9.17, 15) is 0 Å². The van der Waals surface area contributed by atoms with Crippen molar-refractivity contribution >= 4 is 24.0 Å². The van der Waals surface area contributed by atoms with E-state index in [1.54, 1.807) is 13.1 Å². The summed E-state index contributed by atoms with van der Waals surface area (Å²) in [5.41, 5.74) is 1.81. The number of nitrogens with zero attached hydrogens (tertiary/aromatic N) is 2. The quantitative estimate of drug-likeness (QED) is 0.537. The van der Waals surface area contributed by atoms with Crippen LogP contribution < -0.4 is 0 Å². The van der Waals surface area contributed by atoms with Crippen LogP contribution in [-0.4, -0.2) is 19.5 Å². The molecule has 72 valence electrons. The summed E-state index contributed by atoms with van der Waals surface area (Å²) in [6, 6.07) is 9.78. The van der Waals surface area contributed by atoms with Gasteiger partial charge in [-0.3, -0.25) is 9.98 Å². The lowest BCUT2D eigenvalue weighted by Crippen LogP contribution is -1.96. The maximum absolute atomic E-state index is 5.74. The van der Waals surface area contributed by atoms with Crippen LogP contribution >= 0.6 is 11.6 Å². The fraction of sp³-hybridized carbons (Fsp3) is 0.0909. The van der Waals surface area contributed by atoms with Gasteiger partial charge in [-0.25, -0.2) is 0 Å². The van der Waals surface area contributed by atoms with Crippen molar-refractivity contribution in [1.82, 2.24) is 0 Å². The molecule has 0 atom stereocenters. The Morgan fingerprint density at radius 1 is 1.36 bits per heavy atom. The van der Waals surface area contributed by atoms with Crippen molar-refractivity contribution < 1.29 is 0 Å². The van der Waals surface area contributed by atoms with Crippen molar-refractivity contribution in [3.63, 3.8) is 0 Å². The molecule has 0 saturated carbocycles. The lowest BCUT2D eigenvalue weighted by molar-refractivity contribution is 1.42. The van der Waals surface area contributed by atoms with Crippen molar-refractivity contribution in [2.75, 3.05) is 7.05 Å². The van der Waals surface area contributed by atoms with E-state index in [-0.39, 0.29) is 0 Å². The van der Waals surface area contributed by atoms with E-state index < -0.39 is 0 Å². The summed E-state index contributed by atoms with van der Waals surface area (Å²) in [7, 11) is 1.71. The molecule has 0 aliphatic heterocycles. The summed E-state index contributed by atoms with van der Waals surface area (Å²) in [5.74, 6) is 0. The molecule has 0 amide bonds. The Hall–Kier alpha value is -1.41. The van der Waals surface area contributed by atoms with Crippen LogP contribution in [0.15, 0.2) is 51.5 Å². The second-order valence-corrected chi connectivity index (χ2v) is 2.99. The fourth-order valence-corrected chi connectivity index (χ4v) is 1.15. The van der Waals surface area contributed by atoms with Gasteiger partial charge in [-0.1, -0.05) is 41.9 Å². The first-order chi connectivity index (χ1) is 6.77. The van der Waals surface area contributed by atoms with Gasteiger partial charge in [0, 0.05) is 13.1 Å². The van der Waals surface area contributed by atoms with Crippen molar-refractivity contribution in [1.29, 1.82) is 0 Å². The summed E-state index contributed by atoms with van der Waals surface area (Å²) in [4.78, 5) is 7.71. The molecule has 1 aromatic carbocycles. The van der Waals surface area contributed by atoms with E-state index in [1.165, 1.54) is 0 Å². The number of rotatable bonds is 3. The Morgan fingerprint density at radius 3 is 2.50 bits per heavy atom. The van der Waals surface area contributed by atoms with E-state index in [1.807, 2.05) is 30.3 Å². The first-order valence-electron chi connectivity index (χ1n) is 4.14. The first kappa shape index (κ1) is 10.7. The van der Waals surface area contributed by atoms with Crippen LogP contribution in [0.2, 0.25) is 0 Å². The average molecular weight is 207 g/mol. The van der Waals surface area contributed by atoms with Gasteiger partial charge in [-0.2, -0.15) is 0 Å². The molecule has 0 fully saturated rings. The lowest BCUT2D eigenvalue weighted by Gasteiger charge is -1.99. The third-order valence-electron chi connectivity index (χ3n) is 1.72. The molecule has 0 bridgehead atoms. The van der Waals surface area contributed by atoms with E-state index in [0.29, 0.717) is 5.16 Å². The van der Waals surface area contributed by atoms with Gasteiger partial charge in [0.15, 0.2) is 0 Å². The molecule has 0 N–H and O–H groups in total. The van der Waals surface area contributed by atoms with Crippen LogP contribution in [0.4, 0.5) is 0 Å². The minimum absolute atomic E-state index is 0.342. The molecule has 0 aliphatic carbocycles. The molecule has 0 aliphatic rings. The molecule has 0 spiro atoms. The minimum Gasteiger partial charge on any atom is -0.288 e. The minimum atomic E-state index is 0.342. The van der Waals surface area contributed by atoms with Crippen LogP contribution in [0.1, 0.15) is 5.56 Å². The second-order valence-electron chi connectivity index (χ2n) is 2.60. The summed E-state index contributed by atoms with van der Waals surface area (Å²) in [6.07, 6.45) is 1.68. The van der Waals surface area contributed by atoms with E-state index >= 15 is 0 Å². The highest BCUT2D eigenvalue weighted by atomic mass is 35.5. The highest BCUT2D eigenvalue weighted by molar-refractivity contribution is 6.32. The zero-order valence-corrected chi connectivity index (χ0v) is 8.70. The molecular formula is C11H11ClN2. The van der Waals surface area contributed by atoms with Crippen molar-refractivity contribution in [3.8, 4) is 0 Å². The van der Waals surface area contributed by atoms with E-state index in [2.05, 4.69) is 16.7 Å². The van der Waals surface area contributed by atoms with Crippen LogP contribution in [0.25, 0.3) is 0 Å². The Labute approximate surface area is 88.7 Å². The summed E-state index contributed by atoms with van der Waals surface area (Å²) < 4.78 is 0. The predicted molar refractivity (Wildman–Crippen MR) is 62.4 cm³/mol. The lowest BCUT2D eigenvalue weighted by atomic mass is 10.1. The summed E-state index contributed by atoms with van der Waals surface area (Å²) in [5, 5.41) is 0.342. The summed E-state index contributed by atoms with van der Waals surface area (Å²) >= 11 is 5.74. The van der Waals surface area contributed by atoms with Gasteiger partial charge >= 0.3 is 0 Å². The van der Waals surface area contributed by atoms with Gasteiger partial charge in [0.05, 0.1) is 5.71 Å². The number of benzene rings is 1. The summed E-state index contributed by atoms with van der Waals surface area (Å²) in [6.45, 7) is 3.34. The molecular weight excluding hydrogens is 196 g/mol. The molecule has 2 nitrogen and oxygen atoms in total. The standard InChI is InChI=1S/C11H11ClN2/c1-13-10(8-11(12)14-2)9-6-4-3-5-7-9/h3-8H,2H2,1H3/b11-8-,13-10+. The highest BCUT2D eigenvalue weighted by Gasteiger charge is 1.98. The van der Waals surface area contributed by atoms with Crippen LogP contribution in [-0.2, 0) is 0 Å². The van der Waals surface area contributed by atoms with Gasteiger partial charge in [0.2, 0.25) is 0 Å². The first-order valence-corrected chi connectivity index (χ1v) is 4.52. The number of hydrogen-bond donors (Lipinski definition) is 0. The largest absolute Gasteiger partial charge is 0.288 e. The SMILES string of the molecule is C=N/C(Cl)=C\C(=N/C)c1ccccc1. The Morgan fingerprint density at radius 2 is 2.00 bits per heavy atom. The molecule has 1 rings (SSSR count). The zero-order valence-electron chi connectivity index (χ0n) is 7.94. The highest BCUT2D eigenvalue weighted by Crippen LogP contribution is 2.08. The number of aliphatic imine (C=N–C) groups is 2. The Balaban J connectivity index is 3.02. The molecule has 0 radical (unpaired) electrons. The molecule has 1 aromatic rings. The number of allylic oxidation sites excluding steroid dienone is 1. The van der Waals surface area contributed by atoms with Crippen LogP contribution in [0.3, 0.4) is 0 Å². The fourth-order valence-electron chi connectivity index (χ4n) is 1.04. The molecule has 0 unspecified atom stereocenters. The molecule has 0 aromatic heterocycles. The second kappa shape index (κ2) is 5.35. The number of hydrogen-bond acceptors (Lipinski definition) is 2. The Bertz CT molecular complexity index is 366. The monoisotopic (exact) mass is 206 g/mol. The normalized spacial score (nSPS) is 12.7. The maximum atomic E-state index is 5.74. The van der Waals surface area contributed by atoms with Crippen LogP contribution in [0.5, 0.6) is 0 Å². The smallest absolute Gasteiger partial charge is 0.130 e. The average Bonchev–Trinajstić information content (AvgIpc) is 2.26. The Kier molecular flexibility index (Phi) is 4.08. The van der Waals surface area contributed by atoms with Gasteiger partial charge in [-0.15, -0.1) is 0 Å². The van der Waals surface area contributed by atoms with Gasteiger partial charge in [-0.05, 0) is 12.3 Å². The third kappa shape index (κ3) is 2.82. The van der Waals surface area contributed by atoms with Gasteiger partial charge in [0.25, 0.3) is 0 Å². The van der Waals surface area contributed by atoms with E-state index in [4.69, 9.17) is 11.6 Å². The molecule has 14 heavy (non-hydrogen) atoms.